The van der Waals surface area contributed by atoms with Crippen LogP contribution in [0.4, 0.5) is 0 Å². The van der Waals surface area contributed by atoms with E-state index in [0.29, 0.717) is 11.8 Å². The number of aromatic nitrogens is 3. The van der Waals surface area contributed by atoms with Gasteiger partial charge in [-0.3, -0.25) is 4.79 Å². The van der Waals surface area contributed by atoms with Crippen molar-refractivity contribution in [3.63, 3.8) is 0 Å². The third-order valence-electron chi connectivity index (χ3n) is 3.81. The Kier molecular flexibility index (Phi) is 4.26. The van der Waals surface area contributed by atoms with Crippen LogP contribution >= 0.6 is 11.8 Å². The van der Waals surface area contributed by atoms with E-state index >= 15 is 0 Å². The van der Waals surface area contributed by atoms with Gasteiger partial charge in [-0.2, -0.15) is 0 Å². The van der Waals surface area contributed by atoms with E-state index in [1.165, 1.54) is 19.3 Å². The first-order valence-corrected chi connectivity index (χ1v) is 8.33. The number of carbonyl (C=O) groups excluding carboxylic acids is 1. The Balaban J connectivity index is 1.62. The van der Waals surface area contributed by atoms with E-state index in [2.05, 4.69) is 20.1 Å². The number of hydrogen-bond acceptors (Lipinski definition) is 5. The van der Waals surface area contributed by atoms with E-state index in [1.54, 1.807) is 11.8 Å². The zero-order chi connectivity index (χ0) is 13.9. The molecule has 7 heteroatoms. The monoisotopic (exact) mass is 295 g/mol. The van der Waals surface area contributed by atoms with E-state index in [0.717, 1.165) is 36.8 Å². The van der Waals surface area contributed by atoms with Gasteiger partial charge in [0.1, 0.15) is 5.82 Å². The lowest BCUT2D eigenvalue weighted by molar-refractivity contribution is -0.119. The molecule has 1 aliphatic heterocycles. The van der Waals surface area contributed by atoms with E-state index < -0.39 is 0 Å². The maximum atomic E-state index is 11.5. The average Bonchev–Trinajstić information content (AvgIpc) is 3.20. The molecular formula is C13H21N5OS. The highest BCUT2D eigenvalue weighted by Gasteiger charge is 2.28. The molecule has 1 atom stereocenters. The second kappa shape index (κ2) is 6.13. The molecule has 0 spiro atoms. The second-order valence-electron chi connectivity index (χ2n) is 5.57. The van der Waals surface area contributed by atoms with Gasteiger partial charge in [-0.1, -0.05) is 18.2 Å². The number of nitrogens with zero attached hydrogens (tertiary/aromatic N) is 3. The Hall–Kier alpha value is -1.08. The molecule has 0 radical (unpaired) electrons. The van der Waals surface area contributed by atoms with Crippen molar-refractivity contribution >= 4 is 17.7 Å². The average molecular weight is 295 g/mol. The molecule has 0 saturated heterocycles. The number of carbonyl (C=O) groups is 1. The number of nitrogens with one attached hydrogen (secondary N) is 1. The molecule has 1 saturated carbocycles. The van der Waals surface area contributed by atoms with Crippen LogP contribution in [0.25, 0.3) is 0 Å². The molecule has 1 fully saturated rings. The van der Waals surface area contributed by atoms with Crippen molar-refractivity contribution in [1.29, 1.82) is 0 Å². The molecule has 3 N–H and O–H groups in total. The minimum absolute atomic E-state index is 0.272. The van der Waals surface area contributed by atoms with Gasteiger partial charge in [0.15, 0.2) is 5.16 Å². The number of aryl methyl sites for hydroxylation is 1. The summed E-state index contributed by atoms with van der Waals surface area (Å²) in [6.45, 7) is 0.988. The zero-order valence-corrected chi connectivity index (χ0v) is 12.4. The number of thioether (sulfide) groups is 1. The minimum atomic E-state index is -0.278. The van der Waals surface area contributed by atoms with E-state index in [9.17, 15) is 4.79 Å². The summed E-state index contributed by atoms with van der Waals surface area (Å²) in [6.07, 6.45) is 6.92. The molecule has 0 aromatic carbocycles. The fourth-order valence-corrected chi connectivity index (χ4v) is 3.50. The number of fused-ring (bicyclic) bond motifs is 1. The molecule has 1 amide bonds. The van der Waals surface area contributed by atoms with Gasteiger partial charge < -0.3 is 15.6 Å². The van der Waals surface area contributed by atoms with Crippen molar-refractivity contribution < 1.29 is 4.79 Å². The van der Waals surface area contributed by atoms with Crippen LogP contribution in [0.15, 0.2) is 5.16 Å². The summed E-state index contributed by atoms with van der Waals surface area (Å²) in [6, 6.07) is 0.204. The van der Waals surface area contributed by atoms with Crippen LogP contribution in [0, 0.1) is 0 Å². The number of rotatable bonds is 6. The van der Waals surface area contributed by atoms with E-state index in [1.807, 2.05) is 0 Å². The van der Waals surface area contributed by atoms with Gasteiger partial charge in [0.05, 0.1) is 6.04 Å². The highest BCUT2D eigenvalue weighted by molar-refractivity contribution is 7.99. The van der Waals surface area contributed by atoms with Gasteiger partial charge >= 0.3 is 0 Å². The molecule has 2 aliphatic rings. The summed E-state index contributed by atoms with van der Waals surface area (Å²) < 4.78 is 2.20. The fourth-order valence-electron chi connectivity index (χ4n) is 2.47. The number of amides is 1. The molecule has 0 bridgehead atoms. The molecule has 1 unspecified atom stereocenters. The van der Waals surface area contributed by atoms with Crippen molar-refractivity contribution in [2.24, 2.45) is 5.73 Å². The normalized spacial score (nSPS) is 20.2. The predicted molar refractivity (Wildman–Crippen MR) is 77.4 cm³/mol. The molecule has 1 aromatic rings. The van der Waals surface area contributed by atoms with Crippen molar-refractivity contribution in [3.8, 4) is 0 Å². The number of primary amides is 1. The molecule has 2 heterocycles. The third-order valence-corrected chi connectivity index (χ3v) is 4.87. The second-order valence-corrected chi connectivity index (χ2v) is 6.56. The molecule has 110 valence electrons. The minimum Gasteiger partial charge on any atom is -0.368 e. The standard InChI is InChI=1S/C13H21N5OS/c14-12(19)10(15-9-5-6-9)8-20-13-17-16-11-4-2-1-3-7-18(11)13/h9-10,15H,1-8H2,(H2,14,19). The highest BCUT2D eigenvalue weighted by Crippen LogP contribution is 2.24. The largest absolute Gasteiger partial charge is 0.368 e. The van der Waals surface area contributed by atoms with Gasteiger partial charge in [0.2, 0.25) is 5.91 Å². The Morgan fingerprint density at radius 3 is 3.00 bits per heavy atom. The summed E-state index contributed by atoms with van der Waals surface area (Å²) >= 11 is 1.58. The highest BCUT2D eigenvalue weighted by atomic mass is 32.2. The quantitative estimate of drug-likeness (QED) is 0.755. The summed E-state index contributed by atoms with van der Waals surface area (Å²) in [7, 11) is 0. The van der Waals surface area contributed by atoms with Crippen LogP contribution in [0.5, 0.6) is 0 Å². The first-order valence-electron chi connectivity index (χ1n) is 7.34. The van der Waals surface area contributed by atoms with Gasteiger partial charge in [-0.25, -0.2) is 0 Å². The van der Waals surface area contributed by atoms with Crippen LogP contribution < -0.4 is 11.1 Å². The summed E-state index contributed by atoms with van der Waals surface area (Å²) in [5, 5.41) is 12.7. The van der Waals surface area contributed by atoms with Crippen molar-refractivity contribution in [2.45, 2.75) is 62.3 Å². The Morgan fingerprint density at radius 1 is 1.40 bits per heavy atom. The first-order chi connectivity index (χ1) is 9.74. The molecule has 3 rings (SSSR count). The Morgan fingerprint density at radius 2 is 2.25 bits per heavy atom. The number of nitrogens with two attached hydrogens (primary N) is 1. The zero-order valence-electron chi connectivity index (χ0n) is 11.5. The molecule has 20 heavy (non-hydrogen) atoms. The van der Waals surface area contributed by atoms with E-state index in [4.69, 9.17) is 5.73 Å². The van der Waals surface area contributed by atoms with E-state index in [-0.39, 0.29) is 11.9 Å². The predicted octanol–water partition coefficient (Wildman–Crippen LogP) is 0.702. The van der Waals surface area contributed by atoms with Crippen LogP contribution in [0.2, 0.25) is 0 Å². The molecular weight excluding hydrogens is 274 g/mol. The molecule has 6 nitrogen and oxygen atoms in total. The fraction of sp³-hybridized carbons (Fsp3) is 0.769. The lowest BCUT2D eigenvalue weighted by Gasteiger charge is -2.14. The van der Waals surface area contributed by atoms with Crippen molar-refractivity contribution in [2.75, 3.05) is 5.75 Å². The summed E-state index contributed by atoms with van der Waals surface area (Å²) in [5.74, 6) is 1.43. The lowest BCUT2D eigenvalue weighted by atomic mass is 10.2. The Labute approximate surface area is 122 Å². The maximum Gasteiger partial charge on any atom is 0.235 e. The summed E-state index contributed by atoms with van der Waals surface area (Å²) in [5.41, 5.74) is 5.46. The SMILES string of the molecule is NC(=O)C(CSc1nnc2n1CCCCC2)NC1CC1. The smallest absolute Gasteiger partial charge is 0.235 e. The van der Waals surface area contributed by atoms with Gasteiger partial charge in [0.25, 0.3) is 0 Å². The first kappa shape index (κ1) is 13.9. The lowest BCUT2D eigenvalue weighted by Crippen LogP contribution is -2.44. The third kappa shape index (κ3) is 3.32. The van der Waals surface area contributed by atoms with Crippen LogP contribution in [0.3, 0.4) is 0 Å². The Bertz CT molecular complexity index is 485. The van der Waals surface area contributed by atoms with Crippen LogP contribution in [-0.2, 0) is 17.8 Å². The molecule has 1 aliphatic carbocycles. The topological polar surface area (TPSA) is 85.8 Å². The van der Waals surface area contributed by atoms with Crippen LogP contribution in [0.1, 0.15) is 37.9 Å². The maximum absolute atomic E-state index is 11.5. The summed E-state index contributed by atoms with van der Waals surface area (Å²) in [4.78, 5) is 11.5. The van der Waals surface area contributed by atoms with Crippen LogP contribution in [-0.4, -0.2) is 38.5 Å². The van der Waals surface area contributed by atoms with Crippen molar-refractivity contribution in [1.82, 2.24) is 20.1 Å². The van der Waals surface area contributed by atoms with Gasteiger partial charge in [0, 0.05) is 24.8 Å². The number of hydrogen-bond donors (Lipinski definition) is 2. The molecule has 1 aromatic heterocycles. The van der Waals surface area contributed by atoms with Gasteiger partial charge in [-0.05, 0) is 25.7 Å². The van der Waals surface area contributed by atoms with Crippen molar-refractivity contribution in [3.05, 3.63) is 5.82 Å². The van der Waals surface area contributed by atoms with Gasteiger partial charge in [-0.15, -0.1) is 10.2 Å².